The van der Waals surface area contributed by atoms with E-state index >= 15 is 0 Å². The van der Waals surface area contributed by atoms with E-state index in [0.717, 1.165) is 6.20 Å². The summed E-state index contributed by atoms with van der Waals surface area (Å²) in [6.45, 7) is 0. The third-order valence-corrected chi connectivity index (χ3v) is 5.02. The van der Waals surface area contributed by atoms with Crippen LogP contribution in [0.2, 0.25) is 5.02 Å². The minimum absolute atomic E-state index is 0.161. The van der Waals surface area contributed by atoms with E-state index in [2.05, 4.69) is 15.4 Å². The first-order valence-corrected chi connectivity index (χ1v) is 9.21. The normalized spacial score (nSPS) is 12.2. The van der Waals surface area contributed by atoms with E-state index in [1.807, 2.05) is 0 Å². The van der Waals surface area contributed by atoms with Crippen molar-refractivity contribution in [1.29, 1.82) is 0 Å². The second-order valence-corrected chi connectivity index (χ2v) is 7.72. The van der Waals surface area contributed by atoms with Crippen LogP contribution < -0.4 is 10.2 Å². The third-order valence-electron chi connectivity index (χ3n) is 2.62. The van der Waals surface area contributed by atoms with E-state index in [1.165, 1.54) is 0 Å². The fourth-order valence-corrected chi connectivity index (χ4v) is 3.48. The highest BCUT2D eigenvalue weighted by molar-refractivity contribution is 7.86. The van der Waals surface area contributed by atoms with Crippen LogP contribution in [-0.2, 0) is 20.2 Å². The molecule has 130 valence electrons. The van der Waals surface area contributed by atoms with Crippen molar-refractivity contribution in [3.63, 3.8) is 0 Å². The minimum Gasteiger partial charge on any atom is -0.398 e. The number of nitrogens with zero attached hydrogens (tertiary/aromatic N) is 4. The largest absolute Gasteiger partial charge is 0.398 e. The first-order valence-electron chi connectivity index (χ1n) is 5.61. The molecule has 0 amide bonds. The molecule has 1 aromatic heterocycles. The molecule has 0 unspecified atom stereocenters. The summed E-state index contributed by atoms with van der Waals surface area (Å²) in [5, 5.41) is 9.93. The molecule has 0 aliphatic carbocycles. The SMILES string of the molecule is Nc1cc(S(=O)(=O)O)c(N(Cl)c2nnncc2Cl)cc1S(=O)(=O)O. The van der Waals surface area contributed by atoms with Crippen molar-refractivity contribution in [2.45, 2.75) is 9.79 Å². The van der Waals surface area contributed by atoms with Crippen LogP contribution in [0.15, 0.2) is 28.1 Å². The summed E-state index contributed by atoms with van der Waals surface area (Å²) in [6.07, 6.45) is 1.04. The summed E-state index contributed by atoms with van der Waals surface area (Å²) < 4.78 is 64.6. The Morgan fingerprint density at radius 1 is 1.08 bits per heavy atom. The number of nitrogen functional groups attached to an aromatic ring is 1. The molecule has 0 saturated heterocycles. The molecule has 4 N–H and O–H groups in total. The Labute approximate surface area is 145 Å². The summed E-state index contributed by atoms with van der Waals surface area (Å²) in [5.41, 5.74) is 4.17. The fraction of sp³-hybridized carbons (Fsp3) is 0. The van der Waals surface area contributed by atoms with Crippen LogP contribution in [0, 0.1) is 0 Å². The number of nitrogens with two attached hydrogens (primary N) is 1. The van der Waals surface area contributed by atoms with E-state index in [1.54, 1.807) is 0 Å². The summed E-state index contributed by atoms with van der Waals surface area (Å²) in [7, 11) is -9.69. The minimum atomic E-state index is -4.87. The molecule has 0 atom stereocenters. The second kappa shape index (κ2) is 6.27. The highest BCUT2D eigenvalue weighted by Gasteiger charge is 2.27. The zero-order valence-electron chi connectivity index (χ0n) is 11.2. The van der Waals surface area contributed by atoms with Crippen LogP contribution in [0.1, 0.15) is 0 Å². The van der Waals surface area contributed by atoms with E-state index in [0.29, 0.717) is 16.6 Å². The Bertz CT molecular complexity index is 1010. The van der Waals surface area contributed by atoms with Gasteiger partial charge in [-0.25, -0.2) is 4.42 Å². The number of hydrogen-bond donors (Lipinski definition) is 3. The topological polar surface area (TPSA) is 177 Å². The zero-order chi connectivity index (χ0) is 18.3. The lowest BCUT2D eigenvalue weighted by Crippen LogP contribution is -2.14. The van der Waals surface area contributed by atoms with E-state index < -0.39 is 41.4 Å². The standard InChI is InChI=1S/C9H7Cl2N5O6S2/c10-4-3-13-15-14-9(4)16(11)6-2-7(23(17,18)19)5(12)1-8(6)24(20,21)22/h1-3H,12H2,(H,17,18,19)(H,20,21,22). The molecule has 0 radical (unpaired) electrons. The average Bonchev–Trinajstić information content (AvgIpc) is 2.44. The number of halogens is 2. The summed E-state index contributed by atoms with van der Waals surface area (Å²) in [6, 6.07) is 1.23. The predicted molar refractivity (Wildman–Crippen MR) is 83.3 cm³/mol. The molecule has 15 heteroatoms. The average molecular weight is 416 g/mol. The highest BCUT2D eigenvalue weighted by atomic mass is 35.5. The summed E-state index contributed by atoms with van der Waals surface area (Å²) >= 11 is 11.7. The Kier molecular flexibility index (Phi) is 4.85. The van der Waals surface area contributed by atoms with Crippen molar-refractivity contribution in [1.82, 2.24) is 15.4 Å². The van der Waals surface area contributed by atoms with E-state index in [4.69, 9.17) is 33.7 Å². The lowest BCUT2D eigenvalue weighted by atomic mass is 10.3. The molecule has 11 nitrogen and oxygen atoms in total. The van der Waals surface area contributed by atoms with Gasteiger partial charge in [-0.1, -0.05) is 11.6 Å². The molecule has 0 bridgehead atoms. The molecule has 0 aliphatic rings. The number of rotatable bonds is 4. The van der Waals surface area contributed by atoms with Crippen LogP contribution >= 0.6 is 23.4 Å². The molecule has 2 aromatic rings. The lowest BCUT2D eigenvalue weighted by molar-refractivity contribution is 0.479. The van der Waals surface area contributed by atoms with Crippen molar-refractivity contribution in [2.75, 3.05) is 10.2 Å². The smallest absolute Gasteiger partial charge is 0.296 e. The van der Waals surface area contributed by atoms with Gasteiger partial charge < -0.3 is 5.73 Å². The van der Waals surface area contributed by atoms with Crippen molar-refractivity contribution in [3.05, 3.63) is 23.4 Å². The van der Waals surface area contributed by atoms with Gasteiger partial charge in [0.1, 0.15) is 14.8 Å². The van der Waals surface area contributed by atoms with Crippen molar-refractivity contribution in [2.24, 2.45) is 0 Å². The van der Waals surface area contributed by atoms with Gasteiger partial charge in [-0.15, -0.1) is 10.2 Å². The highest BCUT2D eigenvalue weighted by Crippen LogP contribution is 2.38. The van der Waals surface area contributed by atoms with Gasteiger partial charge in [0.15, 0.2) is 5.82 Å². The van der Waals surface area contributed by atoms with Gasteiger partial charge in [-0.3, -0.25) is 9.11 Å². The van der Waals surface area contributed by atoms with Crippen LogP contribution in [0.25, 0.3) is 0 Å². The maximum atomic E-state index is 11.5. The monoisotopic (exact) mass is 415 g/mol. The molecule has 1 heterocycles. The Hall–Kier alpha value is -1.77. The molecule has 0 saturated carbocycles. The van der Waals surface area contributed by atoms with Crippen LogP contribution in [0.5, 0.6) is 0 Å². The first kappa shape index (κ1) is 18.6. The fourth-order valence-electron chi connectivity index (χ4n) is 1.65. The maximum absolute atomic E-state index is 11.5. The number of benzene rings is 1. The van der Waals surface area contributed by atoms with Gasteiger partial charge in [0.2, 0.25) is 0 Å². The van der Waals surface area contributed by atoms with E-state index in [-0.39, 0.29) is 10.8 Å². The van der Waals surface area contributed by atoms with Gasteiger partial charge in [-0.2, -0.15) is 16.8 Å². The third kappa shape index (κ3) is 3.66. The van der Waals surface area contributed by atoms with Crippen molar-refractivity contribution >= 4 is 60.8 Å². The molecular formula is C9H7Cl2N5O6S2. The van der Waals surface area contributed by atoms with Crippen LogP contribution in [0.4, 0.5) is 17.2 Å². The molecular weight excluding hydrogens is 409 g/mol. The van der Waals surface area contributed by atoms with Crippen molar-refractivity contribution < 1.29 is 25.9 Å². The molecule has 0 fully saturated rings. The molecule has 2 rings (SSSR count). The van der Waals surface area contributed by atoms with Crippen LogP contribution in [-0.4, -0.2) is 41.4 Å². The Balaban J connectivity index is 2.82. The quantitative estimate of drug-likeness (QED) is 0.366. The van der Waals surface area contributed by atoms with Crippen LogP contribution in [0.3, 0.4) is 0 Å². The molecule has 24 heavy (non-hydrogen) atoms. The number of hydrogen-bond acceptors (Lipinski definition) is 9. The van der Waals surface area contributed by atoms with E-state index in [9.17, 15) is 21.4 Å². The summed E-state index contributed by atoms with van der Waals surface area (Å²) in [4.78, 5) is -1.69. The van der Waals surface area contributed by atoms with Gasteiger partial charge in [-0.05, 0) is 17.3 Å². The van der Waals surface area contributed by atoms with Gasteiger partial charge in [0.05, 0.1) is 17.6 Å². The molecule has 1 aromatic carbocycles. The van der Waals surface area contributed by atoms with Gasteiger partial charge in [0, 0.05) is 11.8 Å². The zero-order valence-corrected chi connectivity index (χ0v) is 14.3. The van der Waals surface area contributed by atoms with Crippen molar-refractivity contribution in [3.8, 4) is 0 Å². The molecule has 0 spiro atoms. The number of anilines is 3. The first-order chi connectivity index (χ1) is 10.9. The van der Waals surface area contributed by atoms with Gasteiger partial charge in [0.25, 0.3) is 20.2 Å². The number of aromatic nitrogens is 3. The van der Waals surface area contributed by atoms with Gasteiger partial charge >= 0.3 is 0 Å². The Morgan fingerprint density at radius 3 is 2.17 bits per heavy atom. The Morgan fingerprint density at radius 2 is 1.67 bits per heavy atom. The predicted octanol–water partition coefficient (Wildman–Crippen LogP) is 0.893. The lowest BCUT2D eigenvalue weighted by Gasteiger charge is -2.19. The second-order valence-electron chi connectivity index (χ2n) is 4.19. The molecule has 0 aliphatic heterocycles. The maximum Gasteiger partial charge on any atom is 0.296 e. The summed E-state index contributed by atoms with van der Waals surface area (Å²) in [5.74, 6) is -0.315.